The molecule has 1 amide bonds. The fourth-order valence-corrected chi connectivity index (χ4v) is 0.824. The number of carbonyl (C=O) groups is 1. The van der Waals surface area contributed by atoms with E-state index in [-0.39, 0.29) is 0 Å². The number of aliphatic hydroxyl groups is 1. The lowest BCUT2D eigenvalue weighted by molar-refractivity contribution is -0.118. The van der Waals surface area contributed by atoms with Crippen molar-refractivity contribution in [2.75, 3.05) is 11.9 Å². The molecule has 0 saturated carbocycles. The van der Waals surface area contributed by atoms with Gasteiger partial charge in [-0.2, -0.15) is 0 Å². The van der Waals surface area contributed by atoms with E-state index >= 15 is 0 Å². The van der Waals surface area contributed by atoms with Crippen LogP contribution < -0.4 is 5.32 Å². The van der Waals surface area contributed by atoms with Crippen LogP contribution in [0.3, 0.4) is 0 Å². The maximum atomic E-state index is 10.7. The molecular weight excluding hydrogens is 156 g/mol. The van der Waals surface area contributed by atoms with Gasteiger partial charge in [-0.3, -0.25) is 9.78 Å². The highest BCUT2D eigenvalue weighted by atomic mass is 16.3. The molecule has 0 unspecified atom stereocenters. The van der Waals surface area contributed by atoms with Crippen LogP contribution in [0.25, 0.3) is 0 Å². The summed E-state index contributed by atoms with van der Waals surface area (Å²) in [5.41, 5.74) is 1.48. The summed E-state index contributed by atoms with van der Waals surface area (Å²) in [6.07, 6.45) is 1.60. The number of anilines is 1. The maximum Gasteiger partial charge on any atom is 0.250 e. The van der Waals surface area contributed by atoms with Crippen LogP contribution in [-0.2, 0) is 4.79 Å². The minimum atomic E-state index is -0.499. The molecule has 0 atom stereocenters. The number of hydrogen-bond acceptors (Lipinski definition) is 3. The lowest BCUT2D eigenvalue weighted by Gasteiger charge is -2.02. The molecule has 0 aliphatic heterocycles. The van der Waals surface area contributed by atoms with Gasteiger partial charge in [-0.05, 0) is 19.1 Å². The summed E-state index contributed by atoms with van der Waals surface area (Å²) in [7, 11) is 0. The molecule has 0 aliphatic rings. The molecule has 4 heteroatoms. The monoisotopic (exact) mass is 166 g/mol. The molecule has 1 aromatic heterocycles. The van der Waals surface area contributed by atoms with Gasteiger partial charge >= 0.3 is 0 Å². The Bertz CT molecular complexity index is 286. The van der Waals surface area contributed by atoms with Crippen LogP contribution in [0.4, 0.5) is 5.69 Å². The number of nitrogens with one attached hydrogen (secondary N) is 1. The van der Waals surface area contributed by atoms with E-state index in [0.717, 1.165) is 5.69 Å². The van der Waals surface area contributed by atoms with Crippen LogP contribution in [0.1, 0.15) is 5.69 Å². The molecule has 1 aromatic rings. The predicted octanol–water partition coefficient (Wildman–Crippen LogP) is 0.321. The Kier molecular flexibility index (Phi) is 2.76. The quantitative estimate of drug-likeness (QED) is 0.665. The normalized spacial score (nSPS) is 9.50. The molecule has 64 valence electrons. The second-order valence-electron chi connectivity index (χ2n) is 2.39. The Labute approximate surface area is 70.3 Å². The molecule has 1 rings (SSSR count). The van der Waals surface area contributed by atoms with E-state index in [9.17, 15) is 4.79 Å². The summed E-state index contributed by atoms with van der Waals surface area (Å²) in [6.45, 7) is 1.33. The predicted molar refractivity (Wildman–Crippen MR) is 44.7 cm³/mol. The van der Waals surface area contributed by atoms with Gasteiger partial charge in [0.25, 0.3) is 0 Å². The van der Waals surface area contributed by atoms with Crippen molar-refractivity contribution in [3.63, 3.8) is 0 Å². The molecule has 0 bridgehead atoms. The van der Waals surface area contributed by atoms with E-state index in [0.29, 0.717) is 5.69 Å². The lowest BCUT2D eigenvalue weighted by atomic mass is 10.3. The van der Waals surface area contributed by atoms with Crippen molar-refractivity contribution in [2.45, 2.75) is 6.92 Å². The van der Waals surface area contributed by atoms with E-state index < -0.39 is 12.5 Å². The molecule has 0 aromatic carbocycles. The second kappa shape index (κ2) is 3.82. The number of aryl methyl sites for hydroxylation is 1. The van der Waals surface area contributed by atoms with E-state index in [4.69, 9.17) is 5.11 Å². The fourth-order valence-electron chi connectivity index (χ4n) is 0.824. The summed E-state index contributed by atoms with van der Waals surface area (Å²) in [4.78, 5) is 14.7. The highest BCUT2D eigenvalue weighted by Gasteiger charge is 1.98. The van der Waals surface area contributed by atoms with Crippen LogP contribution in [0.15, 0.2) is 18.3 Å². The Hall–Kier alpha value is -1.42. The average molecular weight is 166 g/mol. The molecule has 0 fully saturated rings. The highest BCUT2D eigenvalue weighted by Crippen LogP contribution is 2.05. The number of rotatable bonds is 2. The molecule has 0 radical (unpaired) electrons. The number of nitrogens with zero attached hydrogens (tertiary/aromatic N) is 1. The van der Waals surface area contributed by atoms with Crippen molar-refractivity contribution < 1.29 is 9.90 Å². The van der Waals surface area contributed by atoms with Crippen molar-refractivity contribution in [3.8, 4) is 0 Å². The topological polar surface area (TPSA) is 62.2 Å². The maximum absolute atomic E-state index is 10.7. The molecule has 1 heterocycles. The first kappa shape index (κ1) is 8.67. The Morgan fingerprint density at radius 2 is 2.50 bits per heavy atom. The summed E-state index contributed by atoms with van der Waals surface area (Å²) >= 11 is 0. The van der Waals surface area contributed by atoms with Gasteiger partial charge in [0.05, 0.1) is 0 Å². The van der Waals surface area contributed by atoms with Crippen LogP contribution in [0, 0.1) is 6.92 Å². The number of carbonyl (C=O) groups excluding carboxylic acids is 1. The minimum absolute atomic E-state index is 0.416. The molecule has 12 heavy (non-hydrogen) atoms. The average Bonchev–Trinajstić information content (AvgIpc) is 2.04. The number of pyridine rings is 1. The first-order chi connectivity index (χ1) is 5.72. The Morgan fingerprint density at radius 1 is 1.75 bits per heavy atom. The zero-order valence-electron chi connectivity index (χ0n) is 6.74. The van der Waals surface area contributed by atoms with Crippen molar-refractivity contribution in [2.24, 2.45) is 0 Å². The van der Waals surface area contributed by atoms with Crippen molar-refractivity contribution in [1.82, 2.24) is 4.98 Å². The molecule has 2 N–H and O–H groups in total. The first-order valence-electron chi connectivity index (χ1n) is 3.56. The van der Waals surface area contributed by atoms with Crippen molar-refractivity contribution >= 4 is 11.6 Å². The minimum Gasteiger partial charge on any atom is -0.387 e. The van der Waals surface area contributed by atoms with Gasteiger partial charge in [-0.25, -0.2) is 0 Å². The largest absolute Gasteiger partial charge is 0.387 e. The number of hydrogen-bond donors (Lipinski definition) is 2. The Morgan fingerprint density at radius 3 is 3.08 bits per heavy atom. The van der Waals surface area contributed by atoms with Gasteiger partial charge in [0, 0.05) is 17.6 Å². The summed E-state index contributed by atoms with van der Waals surface area (Å²) in [5, 5.41) is 10.9. The summed E-state index contributed by atoms with van der Waals surface area (Å²) in [6, 6.07) is 3.40. The van der Waals surface area contributed by atoms with Gasteiger partial charge in [-0.1, -0.05) is 0 Å². The smallest absolute Gasteiger partial charge is 0.250 e. The molecule has 0 aliphatic carbocycles. The number of aromatic nitrogens is 1. The van der Waals surface area contributed by atoms with Gasteiger partial charge in [0.15, 0.2) is 0 Å². The van der Waals surface area contributed by atoms with Crippen LogP contribution in [0.5, 0.6) is 0 Å². The summed E-state index contributed by atoms with van der Waals surface area (Å²) < 4.78 is 0. The van der Waals surface area contributed by atoms with Crippen LogP contribution >= 0.6 is 0 Å². The third-order valence-electron chi connectivity index (χ3n) is 1.32. The van der Waals surface area contributed by atoms with E-state index in [1.54, 1.807) is 18.3 Å². The van der Waals surface area contributed by atoms with Crippen molar-refractivity contribution in [1.29, 1.82) is 0 Å². The molecule has 0 spiro atoms. The zero-order chi connectivity index (χ0) is 8.97. The molecular formula is C8H10N2O2. The Balaban J connectivity index is 2.69. The molecule has 0 saturated heterocycles. The lowest BCUT2D eigenvalue weighted by Crippen LogP contribution is -2.15. The van der Waals surface area contributed by atoms with Crippen molar-refractivity contribution in [3.05, 3.63) is 24.0 Å². The van der Waals surface area contributed by atoms with Gasteiger partial charge in [0.2, 0.25) is 5.91 Å². The van der Waals surface area contributed by atoms with E-state index in [1.165, 1.54) is 0 Å². The fraction of sp³-hybridized carbons (Fsp3) is 0.250. The zero-order valence-corrected chi connectivity index (χ0v) is 6.74. The first-order valence-corrected chi connectivity index (χ1v) is 3.56. The van der Waals surface area contributed by atoms with Crippen LogP contribution in [0.2, 0.25) is 0 Å². The van der Waals surface area contributed by atoms with Gasteiger partial charge in [-0.15, -0.1) is 0 Å². The third kappa shape index (κ3) is 2.32. The van der Waals surface area contributed by atoms with E-state index in [1.807, 2.05) is 6.92 Å². The van der Waals surface area contributed by atoms with Gasteiger partial charge < -0.3 is 10.4 Å². The van der Waals surface area contributed by atoms with E-state index in [2.05, 4.69) is 10.3 Å². The second-order valence-corrected chi connectivity index (χ2v) is 2.39. The number of amides is 1. The standard InChI is InChI=1S/C8H10N2O2/c1-6-4-7(2-3-9-6)10-8(12)5-11/h2-4,11H,5H2,1H3,(H,9,10,12). The highest BCUT2D eigenvalue weighted by molar-refractivity contribution is 5.91. The van der Waals surface area contributed by atoms with Crippen LogP contribution in [-0.4, -0.2) is 22.6 Å². The van der Waals surface area contributed by atoms with Gasteiger partial charge in [0.1, 0.15) is 6.61 Å². The third-order valence-corrected chi connectivity index (χ3v) is 1.32. The summed E-state index contributed by atoms with van der Waals surface area (Å²) in [5.74, 6) is -0.416. The number of aliphatic hydroxyl groups excluding tert-OH is 1. The SMILES string of the molecule is Cc1cc(NC(=O)CO)ccn1. The molecule has 4 nitrogen and oxygen atoms in total.